The van der Waals surface area contributed by atoms with Gasteiger partial charge in [-0.1, -0.05) is 11.6 Å². The second kappa shape index (κ2) is 5.32. The molecule has 1 aromatic rings. The van der Waals surface area contributed by atoms with Gasteiger partial charge >= 0.3 is 0 Å². The molecular weight excluding hydrogens is 267 g/mol. The van der Waals surface area contributed by atoms with Crippen molar-refractivity contribution in [3.8, 4) is 0 Å². The first kappa shape index (κ1) is 13.4. The van der Waals surface area contributed by atoms with E-state index in [4.69, 9.17) is 17.3 Å². The highest BCUT2D eigenvalue weighted by atomic mass is 35.5. The first-order valence-corrected chi connectivity index (χ1v) is 5.94. The summed E-state index contributed by atoms with van der Waals surface area (Å²) in [6, 6.07) is 1.56. The first-order chi connectivity index (χ1) is 8.49. The van der Waals surface area contributed by atoms with Crippen molar-refractivity contribution in [3.63, 3.8) is 0 Å². The lowest BCUT2D eigenvalue weighted by Gasteiger charge is -2.20. The Morgan fingerprint density at radius 3 is 2.78 bits per heavy atom. The molecule has 2 heterocycles. The number of pyridine rings is 1. The van der Waals surface area contributed by atoms with Gasteiger partial charge in [0.25, 0.3) is 6.43 Å². The highest BCUT2D eigenvalue weighted by molar-refractivity contribution is 6.31. The predicted octanol–water partition coefficient (Wildman–Crippen LogP) is 2.67. The lowest BCUT2D eigenvalue weighted by atomic mass is 10.0. The Bertz CT molecular complexity index is 430. The van der Waals surface area contributed by atoms with E-state index in [0.717, 1.165) is 4.90 Å². The van der Waals surface area contributed by atoms with Crippen LogP contribution in [0.25, 0.3) is 0 Å². The van der Waals surface area contributed by atoms with Gasteiger partial charge in [-0.3, -0.25) is 9.88 Å². The Morgan fingerprint density at radius 2 is 2.17 bits per heavy atom. The number of rotatable bonds is 3. The molecule has 0 bridgehead atoms. The van der Waals surface area contributed by atoms with Crippen molar-refractivity contribution < 1.29 is 13.2 Å². The molecule has 18 heavy (non-hydrogen) atoms. The average Bonchev–Trinajstić information content (AvgIpc) is 2.77. The van der Waals surface area contributed by atoms with Crippen LogP contribution in [0, 0.1) is 0 Å². The molecule has 0 aromatic carbocycles. The summed E-state index contributed by atoms with van der Waals surface area (Å²) in [6.45, 7) is 0.473. The molecule has 0 spiro atoms. The van der Waals surface area contributed by atoms with E-state index in [2.05, 4.69) is 4.98 Å². The van der Waals surface area contributed by atoms with E-state index >= 15 is 0 Å². The van der Waals surface area contributed by atoms with Gasteiger partial charge in [0.05, 0.1) is 22.6 Å². The van der Waals surface area contributed by atoms with Crippen LogP contribution in [0.15, 0.2) is 12.3 Å². The van der Waals surface area contributed by atoms with Crippen LogP contribution in [0.1, 0.15) is 18.0 Å². The summed E-state index contributed by atoms with van der Waals surface area (Å²) in [7, 11) is 0. The molecule has 0 aliphatic carbocycles. The Hall–Kier alpha value is -1.01. The summed E-state index contributed by atoms with van der Waals surface area (Å²) in [5.74, 6) is -0.130. The smallest absolute Gasteiger partial charge is 0.282 e. The molecule has 2 unspecified atom stereocenters. The minimum Gasteiger partial charge on any atom is -0.397 e. The third kappa shape index (κ3) is 2.70. The average molecular weight is 280 g/mol. The maximum atomic E-state index is 13.2. The Kier molecular flexibility index (Phi) is 3.97. The summed E-state index contributed by atoms with van der Waals surface area (Å²) in [5, 5.41) is 0.398. The van der Waals surface area contributed by atoms with Gasteiger partial charge in [-0.15, -0.1) is 0 Å². The molecule has 1 aromatic heterocycles. The van der Waals surface area contributed by atoms with Gasteiger partial charge in [0, 0.05) is 19.0 Å². The van der Waals surface area contributed by atoms with Crippen molar-refractivity contribution in [1.29, 1.82) is 0 Å². The van der Waals surface area contributed by atoms with E-state index in [1.165, 1.54) is 6.20 Å². The summed E-state index contributed by atoms with van der Waals surface area (Å²) in [4.78, 5) is 5.22. The van der Waals surface area contributed by atoms with Crippen molar-refractivity contribution in [2.24, 2.45) is 0 Å². The van der Waals surface area contributed by atoms with E-state index in [1.807, 2.05) is 0 Å². The quantitative estimate of drug-likeness (QED) is 0.865. The molecule has 0 saturated carbocycles. The second-order valence-electron chi connectivity index (χ2n) is 4.32. The molecule has 1 saturated heterocycles. The van der Waals surface area contributed by atoms with Crippen LogP contribution in [0.4, 0.5) is 18.9 Å². The third-order valence-electron chi connectivity index (χ3n) is 3.05. The highest BCUT2D eigenvalue weighted by Gasteiger charge is 2.35. The molecule has 7 heteroatoms. The van der Waals surface area contributed by atoms with E-state index in [-0.39, 0.29) is 19.0 Å². The Morgan fingerprint density at radius 1 is 1.44 bits per heavy atom. The molecular formula is C11H13ClF3N3. The van der Waals surface area contributed by atoms with Crippen molar-refractivity contribution in [3.05, 3.63) is 23.0 Å². The van der Waals surface area contributed by atoms with Crippen molar-refractivity contribution in [2.45, 2.75) is 25.1 Å². The summed E-state index contributed by atoms with van der Waals surface area (Å²) in [5.41, 5.74) is 6.56. The SMILES string of the molecule is Nc1cnc(C2CCN(C(F)C(F)F)C2)c(Cl)c1. The number of hydrogen-bond donors (Lipinski definition) is 1. The fourth-order valence-corrected chi connectivity index (χ4v) is 2.49. The van der Waals surface area contributed by atoms with E-state index in [1.54, 1.807) is 6.07 Å². The minimum atomic E-state index is -2.99. The Balaban J connectivity index is 2.08. The Labute approximate surface area is 108 Å². The standard InChI is InChI=1S/C11H13ClF3N3/c12-8-3-7(16)4-17-9(8)6-1-2-18(5-6)11(15)10(13)14/h3-4,6,10-11H,1-2,5,16H2. The topological polar surface area (TPSA) is 42.1 Å². The van der Waals surface area contributed by atoms with Gasteiger partial charge in [0.15, 0.2) is 0 Å². The van der Waals surface area contributed by atoms with Gasteiger partial charge in [-0.25, -0.2) is 13.2 Å². The van der Waals surface area contributed by atoms with Crippen molar-refractivity contribution in [1.82, 2.24) is 9.88 Å². The zero-order valence-electron chi connectivity index (χ0n) is 9.49. The number of nitrogens with zero attached hydrogens (tertiary/aromatic N) is 2. The third-order valence-corrected chi connectivity index (χ3v) is 3.36. The molecule has 1 fully saturated rings. The van der Waals surface area contributed by atoms with Crippen molar-refractivity contribution in [2.75, 3.05) is 18.8 Å². The molecule has 1 aliphatic rings. The van der Waals surface area contributed by atoms with E-state index in [9.17, 15) is 13.2 Å². The van der Waals surface area contributed by atoms with Gasteiger partial charge < -0.3 is 5.73 Å². The fraction of sp³-hybridized carbons (Fsp3) is 0.545. The summed E-state index contributed by atoms with van der Waals surface area (Å²) >= 11 is 6.00. The van der Waals surface area contributed by atoms with Crippen molar-refractivity contribution >= 4 is 17.3 Å². The van der Waals surface area contributed by atoms with Gasteiger partial charge in [-0.2, -0.15) is 0 Å². The molecule has 0 radical (unpaired) electrons. The van der Waals surface area contributed by atoms with Crippen LogP contribution in [0.2, 0.25) is 5.02 Å². The zero-order chi connectivity index (χ0) is 13.3. The minimum absolute atomic E-state index is 0.130. The van der Waals surface area contributed by atoms with Crippen LogP contribution in [0.5, 0.6) is 0 Å². The fourth-order valence-electron chi connectivity index (χ4n) is 2.16. The highest BCUT2D eigenvalue weighted by Crippen LogP contribution is 2.33. The lowest BCUT2D eigenvalue weighted by molar-refractivity contribution is -0.0388. The number of anilines is 1. The maximum absolute atomic E-state index is 13.2. The first-order valence-electron chi connectivity index (χ1n) is 5.56. The van der Waals surface area contributed by atoms with E-state index in [0.29, 0.717) is 22.8 Å². The lowest BCUT2D eigenvalue weighted by Crippen LogP contribution is -2.35. The number of likely N-dealkylation sites (tertiary alicyclic amines) is 1. The molecule has 3 nitrogen and oxygen atoms in total. The molecule has 2 N–H and O–H groups in total. The number of nitrogens with two attached hydrogens (primary N) is 1. The molecule has 2 rings (SSSR count). The van der Waals surface area contributed by atoms with Crippen LogP contribution < -0.4 is 5.73 Å². The predicted molar refractivity (Wildman–Crippen MR) is 63.5 cm³/mol. The molecule has 0 amide bonds. The number of nitrogen functional groups attached to an aromatic ring is 1. The molecule has 1 aliphatic heterocycles. The molecule has 100 valence electrons. The number of hydrogen-bond acceptors (Lipinski definition) is 3. The van der Waals surface area contributed by atoms with Gasteiger partial charge in [0.2, 0.25) is 6.30 Å². The second-order valence-corrected chi connectivity index (χ2v) is 4.73. The summed E-state index contributed by atoms with van der Waals surface area (Å²) < 4.78 is 37.7. The number of alkyl halides is 3. The van der Waals surface area contributed by atoms with Gasteiger partial charge in [-0.05, 0) is 12.5 Å². The van der Waals surface area contributed by atoms with Crippen LogP contribution in [-0.2, 0) is 0 Å². The monoisotopic (exact) mass is 279 g/mol. The zero-order valence-corrected chi connectivity index (χ0v) is 10.2. The van der Waals surface area contributed by atoms with Crippen LogP contribution >= 0.6 is 11.6 Å². The normalized spacial score (nSPS) is 22.6. The summed E-state index contributed by atoms with van der Waals surface area (Å²) in [6.07, 6.45) is -3.19. The van der Waals surface area contributed by atoms with Crippen LogP contribution in [-0.4, -0.2) is 35.7 Å². The van der Waals surface area contributed by atoms with Crippen LogP contribution in [0.3, 0.4) is 0 Å². The maximum Gasteiger partial charge on any atom is 0.282 e. The largest absolute Gasteiger partial charge is 0.397 e. The number of aromatic nitrogens is 1. The molecule has 2 atom stereocenters. The van der Waals surface area contributed by atoms with Gasteiger partial charge in [0.1, 0.15) is 0 Å². The number of halogens is 4. The van der Waals surface area contributed by atoms with E-state index < -0.39 is 12.7 Å².